The van der Waals surface area contributed by atoms with Crippen molar-refractivity contribution < 1.29 is 23.8 Å². The summed E-state index contributed by atoms with van der Waals surface area (Å²) < 4.78 is 17.0. The van der Waals surface area contributed by atoms with Crippen molar-refractivity contribution in [3.63, 3.8) is 0 Å². The highest BCUT2D eigenvalue weighted by molar-refractivity contribution is 7.10. The van der Waals surface area contributed by atoms with Crippen LogP contribution in [0.3, 0.4) is 0 Å². The first kappa shape index (κ1) is 27.5. The number of benzene rings is 2. The third-order valence-electron chi connectivity index (χ3n) is 7.04. The van der Waals surface area contributed by atoms with E-state index in [4.69, 9.17) is 14.2 Å². The molecular weight excluding hydrogens is 500 g/mol. The molecule has 1 aliphatic heterocycles. The van der Waals surface area contributed by atoms with E-state index >= 15 is 0 Å². The number of rotatable bonds is 11. The second-order valence-electron chi connectivity index (χ2n) is 9.54. The first-order chi connectivity index (χ1) is 18.4. The van der Waals surface area contributed by atoms with Crippen molar-refractivity contribution in [2.24, 2.45) is 5.92 Å². The highest BCUT2D eigenvalue weighted by atomic mass is 32.1. The molecule has 0 fully saturated rings. The molecule has 2 aromatic carbocycles. The van der Waals surface area contributed by atoms with E-state index in [2.05, 4.69) is 25.3 Å². The van der Waals surface area contributed by atoms with E-state index in [1.165, 1.54) is 4.88 Å². The van der Waals surface area contributed by atoms with Gasteiger partial charge in [0.2, 0.25) is 5.91 Å². The van der Waals surface area contributed by atoms with Crippen molar-refractivity contribution >= 4 is 23.2 Å². The highest BCUT2D eigenvalue weighted by Gasteiger charge is 2.34. The standard InChI is InChI=1S/C30H36N2O5S/c1-5-21(2)18-31(30(34)22-9-8-10-23(17-22)35-3)19-29(33)32-15-13-28-24(14-16-38-28)25(32)20-37-27-12-7-6-11-26(27)36-4/h6-12,14,16-17,21,25H,5,13,15,18-20H2,1-4H3/t21-,25+/m0/s1. The normalized spacial score (nSPS) is 15.4. The van der Waals surface area contributed by atoms with Crippen LogP contribution in [0.5, 0.6) is 17.2 Å². The lowest BCUT2D eigenvalue weighted by Gasteiger charge is -2.37. The number of carbonyl (C=O) groups excluding carboxylic acids is 2. The van der Waals surface area contributed by atoms with Crippen molar-refractivity contribution in [3.05, 3.63) is 76.0 Å². The molecule has 2 amide bonds. The third kappa shape index (κ3) is 6.30. The quantitative estimate of drug-likeness (QED) is 0.326. The highest BCUT2D eigenvalue weighted by Crippen LogP contribution is 2.35. The number of hydrogen-bond acceptors (Lipinski definition) is 6. The Morgan fingerprint density at radius 2 is 1.87 bits per heavy atom. The molecular formula is C30H36N2O5S. The summed E-state index contributed by atoms with van der Waals surface area (Å²) >= 11 is 1.71. The Balaban J connectivity index is 1.56. The minimum Gasteiger partial charge on any atom is -0.497 e. The molecule has 7 nitrogen and oxygen atoms in total. The molecule has 8 heteroatoms. The number of hydrogen-bond donors (Lipinski definition) is 0. The summed E-state index contributed by atoms with van der Waals surface area (Å²) in [4.78, 5) is 32.2. The molecule has 38 heavy (non-hydrogen) atoms. The number of nitrogens with zero attached hydrogens (tertiary/aromatic N) is 2. The van der Waals surface area contributed by atoms with Gasteiger partial charge in [-0.05, 0) is 59.7 Å². The monoisotopic (exact) mass is 536 g/mol. The molecule has 2 atom stereocenters. The predicted octanol–water partition coefficient (Wildman–Crippen LogP) is 5.46. The summed E-state index contributed by atoms with van der Waals surface area (Å²) in [6.07, 6.45) is 1.70. The molecule has 1 aromatic heterocycles. The second kappa shape index (κ2) is 12.8. The molecule has 2 heterocycles. The van der Waals surface area contributed by atoms with E-state index in [-0.39, 0.29) is 30.3 Å². The maximum atomic E-state index is 13.8. The first-order valence-corrected chi connectivity index (χ1v) is 13.9. The van der Waals surface area contributed by atoms with Crippen molar-refractivity contribution in [2.45, 2.75) is 32.7 Å². The number of carbonyl (C=O) groups is 2. The van der Waals surface area contributed by atoms with Crippen LogP contribution < -0.4 is 14.2 Å². The van der Waals surface area contributed by atoms with Crippen LogP contribution in [-0.2, 0) is 11.2 Å². The van der Waals surface area contributed by atoms with Crippen LogP contribution in [0.2, 0.25) is 0 Å². The summed E-state index contributed by atoms with van der Waals surface area (Å²) in [7, 11) is 3.19. The van der Waals surface area contributed by atoms with Gasteiger partial charge in [0.15, 0.2) is 11.5 Å². The average molecular weight is 537 g/mol. The molecule has 0 aliphatic carbocycles. The van der Waals surface area contributed by atoms with Gasteiger partial charge in [0, 0.05) is 23.5 Å². The minimum atomic E-state index is -0.250. The van der Waals surface area contributed by atoms with Crippen molar-refractivity contribution in [3.8, 4) is 17.2 Å². The predicted molar refractivity (Wildman–Crippen MR) is 149 cm³/mol. The number of ether oxygens (including phenoxy) is 3. The molecule has 3 aromatic rings. The van der Waals surface area contributed by atoms with Crippen LogP contribution in [-0.4, -0.2) is 62.1 Å². The summed E-state index contributed by atoms with van der Waals surface area (Å²) in [5.74, 6) is 1.89. The van der Waals surface area contributed by atoms with E-state index < -0.39 is 0 Å². The molecule has 0 bridgehead atoms. The summed E-state index contributed by atoms with van der Waals surface area (Å²) in [6, 6.07) is 16.4. The van der Waals surface area contributed by atoms with E-state index in [9.17, 15) is 9.59 Å². The topological polar surface area (TPSA) is 68.3 Å². The Morgan fingerprint density at radius 1 is 1.08 bits per heavy atom. The SMILES string of the molecule is CC[C@H](C)CN(CC(=O)N1CCc2sccc2[C@H]1COc1ccccc1OC)C(=O)c1cccc(OC)c1. The van der Waals surface area contributed by atoms with E-state index in [0.717, 1.165) is 18.4 Å². The fourth-order valence-electron chi connectivity index (χ4n) is 4.70. The van der Waals surface area contributed by atoms with Crippen LogP contribution in [0.25, 0.3) is 0 Å². The summed E-state index contributed by atoms with van der Waals surface area (Å²) in [5.41, 5.74) is 1.62. The van der Waals surface area contributed by atoms with Gasteiger partial charge in [-0.25, -0.2) is 0 Å². The Kier molecular flexibility index (Phi) is 9.29. The van der Waals surface area contributed by atoms with Gasteiger partial charge >= 0.3 is 0 Å². The lowest BCUT2D eigenvalue weighted by atomic mass is 10.00. The Morgan fingerprint density at radius 3 is 2.61 bits per heavy atom. The molecule has 0 N–H and O–H groups in total. The van der Waals surface area contributed by atoms with Gasteiger partial charge in [0.1, 0.15) is 18.9 Å². The van der Waals surface area contributed by atoms with Crippen molar-refractivity contribution in [1.29, 1.82) is 0 Å². The summed E-state index contributed by atoms with van der Waals surface area (Å²) in [6.45, 7) is 5.57. The molecule has 0 saturated heterocycles. The summed E-state index contributed by atoms with van der Waals surface area (Å²) in [5, 5.41) is 2.07. The van der Waals surface area contributed by atoms with Crippen molar-refractivity contribution in [1.82, 2.24) is 9.80 Å². The van der Waals surface area contributed by atoms with Gasteiger partial charge in [-0.15, -0.1) is 11.3 Å². The van der Waals surface area contributed by atoms with Gasteiger partial charge in [0.05, 0.1) is 20.3 Å². The molecule has 0 spiro atoms. The fraction of sp³-hybridized carbons (Fsp3) is 0.400. The van der Waals surface area contributed by atoms with Crippen LogP contribution in [0, 0.1) is 5.92 Å². The maximum Gasteiger partial charge on any atom is 0.254 e. The minimum absolute atomic E-state index is 0.00497. The zero-order valence-electron chi connectivity index (χ0n) is 22.5. The number of methoxy groups -OCH3 is 2. The lowest BCUT2D eigenvalue weighted by Crippen LogP contribution is -2.48. The average Bonchev–Trinajstić information content (AvgIpc) is 3.44. The van der Waals surface area contributed by atoms with Crippen LogP contribution >= 0.6 is 11.3 Å². The zero-order valence-corrected chi connectivity index (χ0v) is 23.3. The molecule has 4 rings (SSSR count). The van der Waals surface area contributed by atoms with Gasteiger partial charge < -0.3 is 24.0 Å². The maximum absolute atomic E-state index is 13.8. The van der Waals surface area contributed by atoms with Crippen molar-refractivity contribution in [2.75, 3.05) is 40.5 Å². The Labute approximate surface area is 228 Å². The Hall–Kier alpha value is -3.52. The molecule has 1 aliphatic rings. The third-order valence-corrected chi connectivity index (χ3v) is 8.04. The number of amides is 2. The Bertz CT molecular complexity index is 1240. The van der Waals surface area contributed by atoms with Crippen LogP contribution in [0.1, 0.15) is 47.1 Å². The first-order valence-electron chi connectivity index (χ1n) is 13.0. The van der Waals surface area contributed by atoms with Crippen LogP contribution in [0.4, 0.5) is 0 Å². The molecule has 0 saturated carbocycles. The van der Waals surface area contributed by atoms with E-state index in [1.54, 1.807) is 54.7 Å². The smallest absolute Gasteiger partial charge is 0.254 e. The second-order valence-corrected chi connectivity index (χ2v) is 10.5. The van der Waals surface area contributed by atoms with Gasteiger partial charge in [-0.2, -0.15) is 0 Å². The van der Waals surface area contributed by atoms with Crippen LogP contribution in [0.15, 0.2) is 60.0 Å². The van der Waals surface area contributed by atoms with Gasteiger partial charge in [0.25, 0.3) is 5.91 Å². The number of fused-ring (bicyclic) bond motifs is 1. The molecule has 0 unspecified atom stereocenters. The fourth-order valence-corrected chi connectivity index (χ4v) is 5.63. The van der Waals surface area contributed by atoms with E-state index in [0.29, 0.717) is 42.5 Å². The van der Waals surface area contributed by atoms with Gasteiger partial charge in [-0.1, -0.05) is 38.5 Å². The van der Waals surface area contributed by atoms with E-state index in [1.807, 2.05) is 29.2 Å². The largest absolute Gasteiger partial charge is 0.497 e. The molecule has 0 radical (unpaired) electrons. The number of para-hydroxylation sites is 2. The van der Waals surface area contributed by atoms with Gasteiger partial charge in [-0.3, -0.25) is 9.59 Å². The lowest BCUT2D eigenvalue weighted by molar-refractivity contribution is -0.135. The zero-order chi connectivity index (χ0) is 27.1. The molecule has 202 valence electrons. The number of thiophene rings is 1.